The molecule has 2 aliphatic rings. The molecule has 2 nitrogen and oxygen atoms in total. The Morgan fingerprint density at radius 1 is 1.21 bits per heavy atom. The predicted octanol–water partition coefficient (Wildman–Crippen LogP) is 1.76. The molecule has 0 radical (unpaired) electrons. The van der Waals surface area contributed by atoms with Crippen LogP contribution in [0.25, 0.3) is 0 Å². The van der Waals surface area contributed by atoms with Crippen LogP contribution in [0.2, 0.25) is 0 Å². The molecule has 0 aromatic carbocycles. The zero-order valence-electron chi connectivity index (χ0n) is 9.72. The molecule has 2 rings (SSSR count). The van der Waals surface area contributed by atoms with Crippen molar-refractivity contribution in [2.24, 2.45) is 0 Å². The first-order chi connectivity index (χ1) is 6.77. The van der Waals surface area contributed by atoms with Crippen molar-refractivity contribution in [2.75, 3.05) is 39.9 Å². The van der Waals surface area contributed by atoms with Crippen molar-refractivity contribution >= 4 is 0 Å². The number of nitrogens with zero attached hydrogens (tertiary/aromatic N) is 2. The zero-order valence-corrected chi connectivity index (χ0v) is 9.72. The molecular formula is C11H23FN2. The Labute approximate surface area is 87.1 Å². The van der Waals surface area contributed by atoms with Crippen molar-refractivity contribution in [1.29, 1.82) is 0 Å². The van der Waals surface area contributed by atoms with Gasteiger partial charge in [-0.05, 0) is 19.9 Å². The molecule has 0 unspecified atom stereocenters. The lowest BCUT2D eigenvalue weighted by atomic mass is 10.1. The van der Waals surface area contributed by atoms with Gasteiger partial charge in [-0.15, -0.1) is 0 Å². The van der Waals surface area contributed by atoms with E-state index in [1.165, 1.54) is 12.8 Å². The molecule has 1 aliphatic heterocycles. The highest BCUT2D eigenvalue weighted by atomic mass is 19.1. The maximum Gasteiger partial charge on any atom is 0.102 e. The van der Waals surface area contributed by atoms with Gasteiger partial charge < -0.3 is 0 Å². The van der Waals surface area contributed by atoms with Crippen LogP contribution in [-0.4, -0.2) is 55.2 Å². The van der Waals surface area contributed by atoms with Gasteiger partial charge in [0.05, 0.1) is 0 Å². The average molecular weight is 202 g/mol. The Balaban J connectivity index is 0.000000461. The van der Waals surface area contributed by atoms with Crippen LogP contribution in [0.3, 0.4) is 0 Å². The van der Waals surface area contributed by atoms with Gasteiger partial charge in [0.2, 0.25) is 0 Å². The number of alkyl halides is 1. The van der Waals surface area contributed by atoms with Gasteiger partial charge in [0, 0.05) is 31.7 Å². The highest BCUT2D eigenvalue weighted by Gasteiger charge is 2.49. The van der Waals surface area contributed by atoms with Gasteiger partial charge in [-0.1, -0.05) is 13.8 Å². The maximum absolute atomic E-state index is 12.1. The molecule has 1 heterocycles. The maximum atomic E-state index is 12.1. The van der Waals surface area contributed by atoms with E-state index < -0.39 is 0 Å². The SMILES string of the molecule is CC.CN1CCN(CCF)CC12CC2. The molecular weight excluding hydrogens is 179 g/mol. The number of hydrogen-bond acceptors (Lipinski definition) is 2. The summed E-state index contributed by atoms with van der Waals surface area (Å²) in [6.45, 7) is 7.69. The minimum absolute atomic E-state index is 0.195. The Hall–Kier alpha value is -0.150. The van der Waals surface area contributed by atoms with E-state index in [2.05, 4.69) is 16.8 Å². The molecule has 1 saturated carbocycles. The summed E-state index contributed by atoms with van der Waals surface area (Å²) in [4.78, 5) is 4.70. The number of hydrogen-bond donors (Lipinski definition) is 0. The minimum atomic E-state index is -0.195. The zero-order chi connectivity index (χ0) is 10.6. The normalized spacial score (nSPS) is 25.7. The minimum Gasteiger partial charge on any atom is -0.298 e. The quantitative estimate of drug-likeness (QED) is 0.673. The van der Waals surface area contributed by atoms with E-state index in [9.17, 15) is 4.39 Å². The van der Waals surface area contributed by atoms with Gasteiger partial charge in [0.25, 0.3) is 0 Å². The molecule has 84 valence electrons. The third-order valence-corrected chi connectivity index (χ3v) is 3.31. The molecule has 0 aromatic heterocycles. The number of rotatable bonds is 2. The van der Waals surface area contributed by atoms with Crippen molar-refractivity contribution in [2.45, 2.75) is 32.2 Å². The van der Waals surface area contributed by atoms with Gasteiger partial charge in [0.1, 0.15) is 6.67 Å². The van der Waals surface area contributed by atoms with Gasteiger partial charge in [-0.3, -0.25) is 9.80 Å². The summed E-state index contributed by atoms with van der Waals surface area (Å²) >= 11 is 0. The molecule has 0 aromatic rings. The Kier molecular flexibility index (Phi) is 4.32. The van der Waals surface area contributed by atoms with Crippen LogP contribution in [-0.2, 0) is 0 Å². The number of piperazine rings is 1. The lowest BCUT2D eigenvalue weighted by Gasteiger charge is -2.39. The number of likely N-dealkylation sites (N-methyl/N-ethyl adjacent to an activating group) is 1. The molecule has 1 saturated heterocycles. The second-order valence-corrected chi connectivity index (χ2v) is 4.11. The molecule has 0 atom stereocenters. The first kappa shape index (κ1) is 11.9. The van der Waals surface area contributed by atoms with Crippen molar-refractivity contribution in [3.8, 4) is 0 Å². The van der Waals surface area contributed by atoms with Gasteiger partial charge in [0.15, 0.2) is 0 Å². The largest absolute Gasteiger partial charge is 0.298 e. The summed E-state index contributed by atoms with van der Waals surface area (Å²) < 4.78 is 12.1. The Morgan fingerprint density at radius 2 is 1.86 bits per heavy atom. The highest BCUT2D eigenvalue weighted by Crippen LogP contribution is 2.42. The van der Waals surface area contributed by atoms with Crippen LogP contribution >= 0.6 is 0 Å². The van der Waals surface area contributed by atoms with E-state index in [1.54, 1.807) is 0 Å². The van der Waals surface area contributed by atoms with Crippen LogP contribution in [0.4, 0.5) is 4.39 Å². The second-order valence-electron chi connectivity index (χ2n) is 4.11. The van der Waals surface area contributed by atoms with Crippen molar-refractivity contribution in [3.63, 3.8) is 0 Å². The molecule has 3 heteroatoms. The van der Waals surface area contributed by atoms with E-state index in [0.717, 1.165) is 19.6 Å². The van der Waals surface area contributed by atoms with E-state index >= 15 is 0 Å². The van der Waals surface area contributed by atoms with E-state index in [0.29, 0.717) is 12.1 Å². The lowest BCUT2D eigenvalue weighted by Crippen LogP contribution is -2.53. The smallest absolute Gasteiger partial charge is 0.102 e. The first-order valence-electron chi connectivity index (χ1n) is 5.76. The summed E-state index contributed by atoms with van der Waals surface area (Å²) in [6, 6.07) is 0. The molecule has 0 bridgehead atoms. The van der Waals surface area contributed by atoms with Crippen LogP contribution in [0.5, 0.6) is 0 Å². The predicted molar refractivity (Wildman–Crippen MR) is 58.4 cm³/mol. The third kappa shape index (κ3) is 2.45. The molecule has 1 spiro atoms. The van der Waals surface area contributed by atoms with Gasteiger partial charge >= 0.3 is 0 Å². The second kappa shape index (κ2) is 5.08. The van der Waals surface area contributed by atoms with Crippen LogP contribution < -0.4 is 0 Å². The topological polar surface area (TPSA) is 6.48 Å². The summed E-state index contributed by atoms with van der Waals surface area (Å²) in [6.07, 6.45) is 2.62. The number of halogens is 1. The van der Waals surface area contributed by atoms with Gasteiger partial charge in [-0.25, -0.2) is 4.39 Å². The monoisotopic (exact) mass is 202 g/mol. The molecule has 0 N–H and O–H groups in total. The highest BCUT2D eigenvalue weighted by molar-refractivity contribution is 5.07. The van der Waals surface area contributed by atoms with E-state index in [-0.39, 0.29) is 6.67 Å². The Morgan fingerprint density at radius 3 is 2.36 bits per heavy atom. The molecule has 14 heavy (non-hydrogen) atoms. The van der Waals surface area contributed by atoms with E-state index in [1.807, 2.05) is 13.8 Å². The third-order valence-electron chi connectivity index (χ3n) is 3.31. The van der Waals surface area contributed by atoms with Crippen molar-refractivity contribution < 1.29 is 4.39 Å². The fraction of sp³-hybridized carbons (Fsp3) is 1.00. The van der Waals surface area contributed by atoms with Crippen LogP contribution in [0, 0.1) is 0 Å². The fourth-order valence-corrected chi connectivity index (χ4v) is 2.14. The van der Waals surface area contributed by atoms with E-state index in [4.69, 9.17) is 0 Å². The average Bonchev–Trinajstić information content (AvgIpc) is 2.97. The molecule has 0 amide bonds. The summed E-state index contributed by atoms with van der Waals surface area (Å²) in [5.74, 6) is 0. The standard InChI is InChI=1S/C9H17FN2.C2H6/c1-11-6-7-12(5-4-10)8-9(11)2-3-9;1-2/h2-8H2,1H3;1-2H3. The van der Waals surface area contributed by atoms with Crippen molar-refractivity contribution in [1.82, 2.24) is 9.80 Å². The van der Waals surface area contributed by atoms with Crippen molar-refractivity contribution in [3.05, 3.63) is 0 Å². The summed E-state index contributed by atoms with van der Waals surface area (Å²) in [5, 5.41) is 0. The lowest BCUT2D eigenvalue weighted by molar-refractivity contribution is 0.0765. The van der Waals surface area contributed by atoms with Crippen LogP contribution in [0.1, 0.15) is 26.7 Å². The van der Waals surface area contributed by atoms with Gasteiger partial charge in [-0.2, -0.15) is 0 Å². The molecule has 1 aliphatic carbocycles. The molecule has 2 fully saturated rings. The fourth-order valence-electron chi connectivity index (χ4n) is 2.14. The summed E-state index contributed by atoms with van der Waals surface area (Å²) in [7, 11) is 2.19. The van der Waals surface area contributed by atoms with Crippen LogP contribution in [0.15, 0.2) is 0 Å². The Bertz CT molecular complexity index is 169. The summed E-state index contributed by atoms with van der Waals surface area (Å²) in [5.41, 5.74) is 0.452. The first-order valence-corrected chi connectivity index (χ1v) is 5.76.